The predicted octanol–water partition coefficient (Wildman–Crippen LogP) is -0.778. The highest BCUT2D eigenvalue weighted by Crippen LogP contribution is 2.06. The molecule has 0 aromatic rings. The van der Waals surface area contributed by atoms with E-state index in [2.05, 4.69) is 0 Å². The molecule has 0 saturated carbocycles. The van der Waals surface area contributed by atoms with E-state index in [0.29, 0.717) is 6.61 Å². The van der Waals surface area contributed by atoms with Gasteiger partial charge in [0.2, 0.25) is 5.91 Å². The topological polar surface area (TPSA) is 73.2 Å². The van der Waals surface area contributed by atoms with Crippen LogP contribution in [0.3, 0.4) is 0 Å². The molecule has 5 heteroatoms. The van der Waals surface area contributed by atoms with Gasteiger partial charge in [-0.2, -0.15) is 0 Å². The van der Waals surface area contributed by atoms with Crippen LogP contribution >= 0.6 is 0 Å². The molecule has 1 unspecified atom stereocenters. The number of ether oxygens (including phenoxy) is 1. The van der Waals surface area contributed by atoms with E-state index >= 15 is 0 Å². The van der Waals surface area contributed by atoms with E-state index in [-0.39, 0.29) is 13.2 Å². The summed E-state index contributed by atoms with van der Waals surface area (Å²) < 4.78 is 4.97. The van der Waals surface area contributed by atoms with Crippen LogP contribution in [0.2, 0.25) is 0 Å². The van der Waals surface area contributed by atoms with Crippen molar-refractivity contribution in [1.82, 2.24) is 4.90 Å². The molecule has 0 aromatic heterocycles. The van der Waals surface area contributed by atoms with Gasteiger partial charge in [0.15, 0.2) is 0 Å². The molecule has 0 aliphatic rings. The Hall–Kier alpha value is -0.200. The average Bonchev–Trinajstić information content (AvgIpc) is 2.05. The zero-order chi connectivity index (χ0) is 10.9. The monoisotopic (exact) mass is 195 g/mol. The summed E-state index contributed by atoms with van der Waals surface area (Å²) in [5.74, 6) is -1.12. The highest BCUT2D eigenvalue weighted by molar-refractivity contribution is 4.52. The van der Waals surface area contributed by atoms with Gasteiger partial charge in [-0.1, -0.05) is 0 Å². The summed E-state index contributed by atoms with van der Waals surface area (Å²) in [6.07, 6.45) is 0. The second-order valence-corrected chi connectivity index (χ2v) is 2.71. The number of aliphatic hydroxyl groups is 3. The van der Waals surface area contributed by atoms with Crippen LogP contribution in [0.1, 0.15) is 13.8 Å². The van der Waals surface area contributed by atoms with Crippen LogP contribution in [0.15, 0.2) is 0 Å². The second kappa shape index (κ2) is 8.40. The smallest absolute Gasteiger partial charge is 0.223 e. The third-order valence-corrected chi connectivity index (χ3v) is 1.35. The van der Waals surface area contributed by atoms with Gasteiger partial charge in [0.1, 0.15) is 0 Å². The van der Waals surface area contributed by atoms with Crippen LogP contribution in [0.4, 0.5) is 0 Å². The Morgan fingerprint density at radius 2 is 1.62 bits per heavy atom. The fourth-order valence-corrected chi connectivity index (χ4v) is 0.403. The highest BCUT2D eigenvalue weighted by atomic mass is 16.6. The largest absolute Gasteiger partial charge is 0.394 e. The second-order valence-electron chi connectivity index (χ2n) is 2.71. The summed E-state index contributed by atoms with van der Waals surface area (Å²) in [6.45, 7) is 3.72. The standard InChI is InChI=1S/C6H15NO2.C2H6O2/c1-5-9-6(2,8)7(3)4;3-1-2-4/h8H,5H2,1-4H3;3-4H,1-2H2. The molecule has 0 saturated heterocycles. The Labute approximate surface area is 79.6 Å². The number of hydrogen-bond acceptors (Lipinski definition) is 5. The van der Waals surface area contributed by atoms with E-state index < -0.39 is 5.91 Å². The number of hydrogen-bond donors (Lipinski definition) is 3. The summed E-state index contributed by atoms with van der Waals surface area (Å²) in [6, 6.07) is 0. The first-order valence-electron chi connectivity index (χ1n) is 4.17. The minimum absolute atomic E-state index is 0.125. The Balaban J connectivity index is 0. The number of nitrogens with zero attached hydrogens (tertiary/aromatic N) is 1. The highest BCUT2D eigenvalue weighted by Gasteiger charge is 2.22. The van der Waals surface area contributed by atoms with Crippen molar-refractivity contribution < 1.29 is 20.1 Å². The van der Waals surface area contributed by atoms with E-state index in [1.165, 1.54) is 0 Å². The third kappa shape index (κ3) is 9.72. The molecule has 3 N–H and O–H groups in total. The molecule has 0 spiro atoms. The van der Waals surface area contributed by atoms with Crippen molar-refractivity contribution in [3.63, 3.8) is 0 Å². The zero-order valence-corrected chi connectivity index (χ0v) is 8.82. The molecule has 0 amide bonds. The zero-order valence-electron chi connectivity index (χ0n) is 8.82. The van der Waals surface area contributed by atoms with Gasteiger partial charge < -0.3 is 20.1 Å². The molecule has 0 heterocycles. The van der Waals surface area contributed by atoms with Crippen LogP contribution < -0.4 is 0 Å². The van der Waals surface area contributed by atoms with Gasteiger partial charge in [-0.3, -0.25) is 4.90 Å². The molecule has 0 fully saturated rings. The quantitative estimate of drug-likeness (QED) is 0.513. The normalized spacial score (nSPS) is 14.8. The molecule has 0 aliphatic heterocycles. The van der Waals surface area contributed by atoms with Gasteiger partial charge in [-0.25, -0.2) is 0 Å². The first kappa shape index (κ1) is 15.3. The van der Waals surface area contributed by atoms with Crippen molar-refractivity contribution in [2.45, 2.75) is 19.8 Å². The summed E-state index contributed by atoms with van der Waals surface area (Å²) in [5.41, 5.74) is 0. The van der Waals surface area contributed by atoms with E-state index in [1.54, 1.807) is 25.9 Å². The Bertz CT molecular complexity index is 104. The average molecular weight is 195 g/mol. The molecule has 5 nitrogen and oxygen atoms in total. The van der Waals surface area contributed by atoms with E-state index in [1.807, 2.05) is 6.92 Å². The van der Waals surface area contributed by atoms with Gasteiger partial charge in [-0.15, -0.1) is 0 Å². The van der Waals surface area contributed by atoms with Crippen molar-refractivity contribution >= 4 is 0 Å². The van der Waals surface area contributed by atoms with Gasteiger partial charge in [-0.05, 0) is 21.0 Å². The van der Waals surface area contributed by atoms with Crippen molar-refractivity contribution in [1.29, 1.82) is 0 Å². The molecule has 0 rings (SSSR count). The van der Waals surface area contributed by atoms with E-state index in [9.17, 15) is 5.11 Å². The van der Waals surface area contributed by atoms with Gasteiger partial charge >= 0.3 is 0 Å². The summed E-state index contributed by atoms with van der Waals surface area (Å²) in [4.78, 5) is 1.61. The van der Waals surface area contributed by atoms with Crippen molar-refractivity contribution in [3.8, 4) is 0 Å². The van der Waals surface area contributed by atoms with Crippen LogP contribution in [0, 0.1) is 0 Å². The Kier molecular flexibility index (Phi) is 9.87. The minimum atomic E-state index is -1.12. The Morgan fingerprint density at radius 3 is 1.69 bits per heavy atom. The number of rotatable bonds is 4. The predicted molar refractivity (Wildman–Crippen MR) is 50.1 cm³/mol. The minimum Gasteiger partial charge on any atom is -0.394 e. The van der Waals surface area contributed by atoms with Gasteiger partial charge in [0.25, 0.3) is 0 Å². The maximum atomic E-state index is 9.30. The summed E-state index contributed by atoms with van der Waals surface area (Å²) in [5, 5.41) is 24.5. The van der Waals surface area contributed by atoms with E-state index in [0.717, 1.165) is 0 Å². The molecule has 0 aliphatic carbocycles. The van der Waals surface area contributed by atoms with Crippen LogP contribution in [0.5, 0.6) is 0 Å². The van der Waals surface area contributed by atoms with Crippen molar-refractivity contribution in [2.24, 2.45) is 0 Å². The van der Waals surface area contributed by atoms with Crippen LogP contribution in [-0.4, -0.2) is 60.0 Å². The van der Waals surface area contributed by atoms with Crippen LogP contribution in [0.25, 0.3) is 0 Å². The first-order valence-corrected chi connectivity index (χ1v) is 4.17. The fourth-order valence-electron chi connectivity index (χ4n) is 0.403. The molecule has 1 atom stereocenters. The maximum absolute atomic E-state index is 9.30. The molecule has 0 aromatic carbocycles. The fraction of sp³-hybridized carbons (Fsp3) is 1.00. The lowest BCUT2D eigenvalue weighted by Gasteiger charge is -2.29. The number of aliphatic hydroxyl groups excluding tert-OH is 2. The lowest BCUT2D eigenvalue weighted by molar-refractivity contribution is -0.265. The van der Waals surface area contributed by atoms with E-state index in [4.69, 9.17) is 14.9 Å². The summed E-state index contributed by atoms with van der Waals surface area (Å²) >= 11 is 0. The molecular formula is C8H21NO4. The van der Waals surface area contributed by atoms with Crippen molar-refractivity contribution in [3.05, 3.63) is 0 Å². The van der Waals surface area contributed by atoms with Crippen molar-refractivity contribution in [2.75, 3.05) is 33.9 Å². The SMILES string of the molecule is CCOC(C)(O)N(C)C.OCCO. The maximum Gasteiger partial charge on any atom is 0.223 e. The first-order chi connectivity index (χ1) is 5.92. The summed E-state index contributed by atoms with van der Waals surface area (Å²) in [7, 11) is 3.52. The molecular weight excluding hydrogens is 174 g/mol. The van der Waals surface area contributed by atoms with Gasteiger partial charge in [0, 0.05) is 13.5 Å². The third-order valence-electron chi connectivity index (χ3n) is 1.35. The lowest BCUT2D eigenvalue weighted by Crippen LogP contribution is -2.43. The molecule has 0 radical (unpaired) electrons. The molecule has 0 bridgehead atoms. The lowest BCUT2D eigenvalue weighted by atomic mass is 10.5. The molecule has 13 heavy (non-hydrogen) atoms. The van der Waals surface area contributed by atoms with Gasteiger partial charge in [0.05, 0.1) is 13.2 Å². The Morgan fingerprint density at radius 1 is 1.23 bits per heavy atom. The molecule has 82 valence electrons. The van der Waals surface area contributed by atoms with Crippen LogP contribution in [-0.2, 0) is 4.74 Å².